The van der Waals surface area contributed by atoms with Crippen LogP contribution in [0.25, 0.3) is 0 Å². The van der Waals surface area contributed by atoms with Crippen molar-refractivity contribution in [2.75, 3.05) is 20.3 Å². The van der Waals surface area contributed by atoms with Gasteiger partial charge in [-0.15, -0.1) is 0 Å². The Bertz CT molecular complexity index is 851. The van der Waals surface area contributed by atoms with Crippen LogP contribution in [0, 0.1) is 0 Å². The van der Waals surface area contributed by atoms with Crippen LogP contribution in [0.1, 0.15) is 49.0 Å². The average molecular weight is 434 g/mol. The average Bonchev–Trinajstić information content (AvgIpc) is 2.76. The smallest absolute Gasteiger partial charge is 0.220 e. The summed E-state index contributed by atoms with van der Waals surface area (Å²) in [5, 5.41) is 3.22. The number of Topliss-reactive ketones (excluding diaryl/α,β-unsaturated/α-hetero) is 1. The zero-order chi connectivity index (χ0) is 21.9. The zero-order valence-corrected chi connectivity index (χ0v) is 18.4. The summed E-state index contributed by atoms with van der Waals surface area (Å²) in [6.45, 7) is 5.27. The lowest BCUT2D eigenvalue weighted by Gasteiger charge is -2.13. The molecule has 2 rings (SSSR count). The molecule has 2 aromatic carbocycles. The first-order valence-electron chi connectivity index (χ1n) is 10.00. The summed E-state index contributed by atoms with van der Waals surface area (Å²) < 4.78 is 16.3. The molecule has 0 unspecified atom stereocenters. The van der Waals surface area contributed by atoms with E-state index in [4.69, 9.17) is 25.8 Å². The fraction of sp³-hybridized carbons (Fsp3) is 0.391. The van der Waals surface area contributed by atoms with Crippen molar-refractivity contribution in [1.82, 2.24) is 5.32 Å². The van der Waals surface area contributed by atoms with Crippen molar-refractivity contribution in [3.8, 4) is 17.2 Å². The number of amides is 1. The molecule has 0 aliphatic carbocycles. The second-order valence-corrected chi connectivity index (χ2v) is 7.02. The number of rotatable bonds is 12. The van der Waals surface area contributed by atoms with Gasteiger partial charge in [0.05, 0.1) is 25.3 Å². The SMILES string of the molecule is CCCOc1ccc(C(=O)CCC(=O)NCc2cc(Cl)c(OCC)c(OC)c2)cc1. The number of hydrogen-bond acceptors (Lipinski definition) is 5. The first kappa shape index (κ1) is 23.5. The summed E-state index contributed by atoms with van der Waals surface area (Å²) in [5.41, 5.74) is 1.34. The molecule has 162 valence electrons. The van der Waals surface area contributed by atoms with Crippen molar-refractivity contribution < 1.29 is 23.8 Å². The van der Waals surface area contributed by atoms with Gasteiger partial charge in [-0.2, -0.15) is 0 Å². The topological polar surface area (TPSA) is 73.9 Å². The molecule has 0 bridgehead atoms. The molecule has 0 fully saturated rings. The summed E-state index contributed by atoms with van der Waals surface area (Å²) >= 11 is 6.25. The van der Waals surface area contributed by atoms with Crippen LogP contribution in [0.3, 0.4) is 0 Å². The number of hydrogen-bond donors (Lipinski definition) is 1. The molecule has 30 heavy (non-hydrogen) atoms. The van der Waals surface area contributed by atoms with Crippen molar-refractivity contribution in [1.29, 1.82) is 0 Å². The number of benzene rings is 2. The predicted molar refractivity (Wildman–Crippen MR) is 117 cm³/mol. The van der Waals surface area contributed by atoms with E-state index in [2.05, 4.69) is 5.32 Å². The number of halogens is 1. The Hall–Kier alpha value is -2.73. The number of methoxy groups -OCH3 is 1. The Morgan fingerprint density at radius 2 is 1.77 bits per heavy atom. The molecule has 0 atom stereocenters. The van der Waals surface area contributed by atoms with Crippen LogP contribution in [-0.4, -0.2) is 32.0 Å². The van der Waals surface area contributed by atoms with Crippen LogP contribution in [0.15, 0.2) is 36.4 Å². The lowest BCUT2D eigenvalue weighted by molar-refractivity contribution is -0.121. The Morgan fingerprint density at radius 3 is 2.40 bits per heavy atom. The molecule has 2 aromatic rings. The highest BCUT2D eigenvalue weighted by Gasteiger charge is 2.13. The summed E-state index contributed by atoms with van der Waals surface area (Å²) in [5.74, 6) is 1.42. The van der Waals surface area contributed by atoms with Gasteiger partial charge in [0.25, 0.3) is 0 Å². The highest BCUT2D eigenvalue weighted by molar-refractivity contribution is 6.32. The molecule has 1 amide bonds. The summed E-state index contributed by atoms with van der Waals surface area (Å²) in [6.07, 6.45) is 1.16. The van der Waals surface area contributed by atoms with Gasteiger partial charge in [-0.25, -0.2) is 0 Å². The molecule has 0 saturated carbocycles. The maximum atomic E-state index is 12.3. The van der Waals surface area contributed by atoms with Crippen LogP contribution in [0.2, 0.25) is 5.02 Å². The third kappa shape index (κ3) is 6.95. The molecular weight excluding hydrogens is 406 g/mol. The molecule has 0 aliphatic heterocycles. The van der Waals surface area contributed by atoms with Crippen LogP contribution in [0.5, 0.6) is 17.2 Å². The number of ether oxygens (including phenoxy) is 3. The lowest BCUT2D eigenvalue weighted by Crippen LogP contribution is -2.23. The van der Waals surface area contributed by atoms with Gasteiger partial charge in [-0.3, -0.25) is 9.59 Å². The van der Waals surface area contributed by atoms with Crippen molar-refractivity contribution in [2.24, 2.45) is 0 Å². The van der Waals surface area contributed by atoms with E-state index in [1.54, 1.807) is 36.4 Å². The minimum Gasteiger partial charge on any atom is -0.494 e. The first-order chi connectivity index (χ1) is 14.5. The van der Waals surface area contributed by atoms with Gasteiger partial charge in [-0.05, 0) is 55.3 Å². The summed E-state index contributed by atoms with van der Waals surface area (Å²) in [7, 11) is 1.53. The normalized spacial score (nSPS) is 10.4. The van der Waals surface area contributed by atoms with E-state index >= 15 is 0 Å². The van der Waals surface area contributed by atoms with Crippen LogP contribution >= 0.6 is 11.6 Å². The molecule has 0 spiro atoms. The molecular formula is C23H28ClNO5. The second kappa shape index (κ2) is 12.1. The van der Waals surface area contributed by atoms with Crippen LogP contribution in [0.4, 0.5) is 0 Å². The molecule has 7 heteroatoms. The third-order valence-corrected chi connectivity index (χ3v) is 4.58. The highest BCUT2D eigenvalue weighted by Crippen LogP contribution is 2.36. The van der Waals surface area contributed by atoms with E-state index < -0.39 is 0 Å². The molecule has 0 aromatic heterocycles. The minimum atomic E-state index is -0.213. The Morgan fingerprint density at radius 1 is 1.03 bits per heavy atom. The fourth-order valence-electron chi connectivity index (χ4n) is 2.78. The van der Waals surface area contributed by atoms with Gasteiger partial charge in [-0.1, -0.05) is 18.5 Å². The van der Waals surface area contributed by atoms with Gasteiger partial charge < -0.3 is 19.5 Å². The molecule has 1 N–H and O–H groups in total. The third-order valence-electron chi connectivity index (χ3n) is 4.30. The van der Waals surface area contributed by atoms with E-state index in [0.717, 1.165) is 17.7 Å². The van der Waals surface area contributed by atoms with E-state index in [0.29, 0.717) is 35.3 Å². The maximum absolute atomic E-state index is 12.3. The van der Waals surface area contributed by atoms with Gasteiger partial charge in [0.2, 0.25) is 5.91 Å². The van der Waals surface area contributed by atoms with Gasteiger partial charge in [0.15, 0.2) is 17.3 Å². The van der Waals surface area contributed by atoms with Gasteiger partial charge in [0, 0.05) is 24.9 Å². The minimum absolute atomic E-state index is 0.0852. The van der Waals surface area contributed by atoms with Crippen LogP contribution < -0.4 is 19.5 Å². The lowest BCUT2D eigenvalue weighted by atomic mass is 10.1. The Balaban J connectivity index is 1.84. The molecule has 6 nitrogen and oxygen atoms in total. The van der Waals surface area contributed by atoms with Crippen molar-refractivity contribution >= 4 is 23.3 Å². The maximum Gasteiger partial charge on any atom is 0.220 e. The van der Waals surface area contributed by atoms with Crippen molar-refractivity contribution in [3.63, 3.8) is 0 Å². The highest BCUT2D eigenvalue weighted by atomic mass is 35.5. The molecule has 0 saturated heterocycles. The first-order valence-corrected chi connectivity index (χ1v) is 10.4. The number of carbonyl (C=O) groups excluding carboxylic acids is 2. The van der Waals surface area contributed by atoms with Crippen molar-refractivity contribution in [2.45, 2.75) is 39.7 Å². The fourth-order valence-corrected chi connectivity index (χ4v) is 3.06. The van der Waals surface area contributed by atoms with E-state index in [-0.39, 0.29) is 31.1 Å². The van der Waals surface area contributed by atoms with Crippen molar-refractivity contribution in [3.05, 3.63) is 52.5 Å². The monoisotopic (exact) mass is 433 g/mol. The van der Waals surface area contributed by atoms with Crippen LogP contribution in [-0.2, 0) is 11.3 Å². The van der Waals surface area contributed by atoms with E-state index in [1.165, 1.54) is 7.11 Å². The second-order valence-electron chi connectivity index (χ2n) is 6.61. The number of nitrogens with one attached hydrogen (secondary N) is 1. The standard InChI is InChI=1S/C23H28ClNO5/c1-4-12-30-18-8-6-17(7-9-18)20(26)10-11-22(27)25-15-16-13-19(24)23(29-5-2)21(14-16)28-3/h6-9,13-14H,4-5,10-12,15H2,1-3H3,(H,25,27). The molecule has 0 heterocycles. The molecule has 0 radical (unpaired) electrons. The summed E-state index contributed by atoms with van der Waals surface area (Å²) in [4.78, 5) is 24.5. The van der Waals surface area contributed by atoms with E-state index in [9.17, 15) is 9.59 Å². The Kier molecular flexibility index (Phi) is 9.48. The quantitative estimate of drug-likeness (QED) is 0.486. The summed E-state index contributed by atoms with van der Waals surface area (Å²) in [6, 6.07) is 10.5. The largest absolute Gasteiger partial charge is 0.494 e. The Labute approximate surface area is 182 Å². The molecule has 0 aliphatic rings. The van der Waals surface area contributed by atoms with Gasteiger partial charge in [0.1, 0.15) is 5.75 Å². The number of ketones is 1. The van der Waals surface area contributed by atoms with Gasteiger partial charge >= 0.3 is 0 Å². The zero-order valence-electron chi connectivity index (χ0n) is 17.6. The predicted octanol–water partition coefficient (Wildman–Crippen LogP) is 4.82. The van der Waals surface area contributed by atoms with E-state index in [1.807, 2.05) is 13.8 Å². The number of carbonyl (C=O) groups is 2.